The highest BCUT2D eigenvalue weighted by Crippen LogP contribution is 2.29. The van der Waals surface area contributed by atoms with E-state index in [1.165, 1.54) is 19.2 Å². The van der Waals surface area contributed by atoms with Crippen molar-refractivity contribution in [2.45, 2.75) is 33.5 Å². The molecule has 0 saturated carbocycles. The SMILES string of the molecule is Cc1c(F)ccc(C(F)n2cc(CC(C)C)cc2C(=O)O)c1F. The molecule has 0 radical (unpaired) electrons. The van der Waals surface area contributed by atoms with Crippen molar-refractivity contribution < 1.29 is 23.1 Å². The molecule has 124 valence electrons. The van der Waals surface area contributed by atoms with Crippen LogP contribution in [0.25, 0.3) is 0 Å². The largest absolute Gasteiger partial charge is 0.477 e. The lowest BCUT2D eigenvalue weighted by atomic mass is 10.1. The number of nitrogens with zero attached hydrogens (tertiary/aromatic N) is 1. The number of carbonyl (C=O) groups is 1. The van der Waals surface area contributed by atoms with Crippen molar-refractivity contribution in [1.82, 2.24) is 4.57 Å². The highest BCUT2D eigenvalue weighted by molar-refractivity contribution is 5.86. The van der Waals surface area contributed by atoms with Gasteiger partial charge in [-0.2, -0.15) is 0 Å². The number of rotatable bonds is 5. The van der Waals surface area contributed by atoms with Gasteiger partial charge in [0.1, 0.15) is 17.3 Å². The fourth-order valence-corrected chi connectivity index (χ4v) is 2.49. The molecule has 1 aromatic heterocycles. The summed E-state index contributed by atoms with van der Waals surface area (Å²) < 4.78 is 43.0. The van der Waals surface area contributed by atoms with Crippen molar-refractivity contribution >= 4 is 5.97 Å². The first kappa shape index (κ1) is 17.1. The number of alkyl halides is 1. The van der Waals surface area contributed by atoms with Crippen LogP contribution in [0.4, 0.5) is 13.2 Å². The molecule has 1 aromatic carbocycles. The zero-order valence-electron chi connectivity index (χ0n) is 13.1. The molecule has 0 fully saturated rings. The summed E-state index contributed by atoms with van der Waals surface area (Å²) >= 11 is 0. The van der Waals surface area contributed by atoms with Crippen LogP contribution < -0.4 is 0 Å². The molecule has 0 bridgehead atoms. The van der Waals surface area contributed by atoms with Crippen molar-refractivity contribution in [1.29, 1.82) is 0 Å². The molecule has 1 N–H and O–H groups in total. The van der Waals surface area contributed by atoms with Crippen LogP contribution in [0.3, 0.4) is 0 Å². The van der Waals surface area contributed by atoms with Crippen LogP contribution in [0.1, 0.15) is 47.3 Å². The Hall–Kier alpha value is -2.24. The number of aromatic carboxylic acids is 1. The third kappa shape index (κ3) is 3.41. The van der Waals surface area contributed by atoms with Gasteiger partial charge in [-0.3, -0.25) is 0 Å². The molecule has 3 nitrogen and oxygen atoms in total. The molecule has 0 aliphatic carbocycles. The number of aromatic nitrogens is 1. The Kier molecular flexibility index (Phi) is 4.82. The first-order chi connectivity index (χ1) is 10.7. The van der Waals surface area contributed by atoms with Crippen molar-refractivity contribution in [2.75, 3.05) is 0 Å². The molecule has 0 aliphatic heterocycles. The van der Waals surface area contributed by atoms with Crippen LogP contribution in [0.15, 0.2) is 24.4 Å². The van der Waals surface area contributed by atoms with Crippen LogP contribution in [0.2, 0.25) is 0 Å². The topological polar surface area (TPSA) is 42.2 Å². The second kappa shape index (κ2) is 6.48. The normalized spacial score (nSPS) is 12.7. The number of halogens is 3. The molecule has 6 heteroatoms. The van der Waals surface area contributed by atoms with Gasteiger partial charge in [-0.1, -0.05) is 13.8 Å². The van der Waals surface area contributed by atoms with Gasteiger partial charge in [-0.15, -0.1) is 0 Å². The van der Waals surface area contributed by atoms with Crippen molar-refractivity contribution in [3.63, 3.8) is 0 Å². The van der Waals surface area contributed by atoms with Crippen molar-refractivity contribution in [3.8, 4) is 0 Å². The van der Waals surface area contributed by atoms with E-state index in [0.29, 0.717) is 12.0 Å². The number of hydrogen-bond acceptors (Lipinski definition) is 1. The molecular weight excluding hydrogens is 307 g/mol. The molecule has 2 rings (SSSR count). The van der Waals surface area contributed by atoms with Gasteiger partial charge in [0.15, 0.2) is 0 Å². The van der Waals surface area contributed by atoms with Crippen LogP contribution in [0.5, 0.6) is 0 Å². The first-order valence-corrected chi connectivity index (χ1v) is 7.25. The Morgan fingerprint density at radius 1 is 1.30 bits per heavy atom. The fourth-order valence-electron chi connectivity index (χ4n) is 2.49. The maximum atomic E-state index is 14.7. The average Bonchev–Trinajstić information content (AvgIpc) is 2.87. The lowest BCUT2D eigenvalue weighted by Gasteiger charge is -2.15. The maximum absolute atomic E-state index is 14.7. The Bertz CT molecular complexity index is 738. The van der Waals surface area contributed by atoms with Gasteiger partial charge in [0.2, 0.25) is 6.30 Å². The van der Waals surface area contributed by atoms with Gasteiger partial charge in [0.05, 0.1) is 0 Å². The number of carboxylic acids is 1. The molecule has 0 spiro atoms. The molecule has 1 unspecified atom stereocenters. The second-order valence-electron chi connectivity index (χ2n) is 5.96. The van der Waals surface area contributed by atoms with Crippen molar-refractivity contribution in [2.24, 2.45) is 5.92 Å². The van der Waals surface area contributed by atoms with E-state index >= 15 is 0 Å². The minimum absolute atomic E-state index is 0.260. The Morgan fingerprint density at radius 3 is 2.52 bits per heavy atom. The van der Waals surface area contributed by atoms with Crippen LogP contribution in [-0.4, -0.2) is 15.6 Å². The van der Waals surface area contributed by atoms with E-state index in [0.717, 1.165) is 16.7 Å². The number of hydrogen-bond donors (Lipinski definition) is 1. The van der Waals surface area contributed by atoms with E-state index in [4.69, 9.17) is 0 Å². The summed E-state index contributed by atoms with van der Waals surface area (Å²) in [6, 6.07) is 3.35. The fraction of sp³-hybridized carbons (Fsp3) is 0.353. The monoisotopic (exact) mass is 325 g/mol. The first-order valence-electron chi connectivity index (χ1n) is 7.25. The van der Waals surface area contributed by atoms with Crippen molar-refractivity contribution in [3.05, 3.63) is 58.4 Å². The van der Waals surface area contributed by atoms with Gasteiger partial charge in [-0.25, -0.2) is 18.0 Å². The molecule has 2 aromatic rings. The third-order valence-corrected chi connectivity index (χ3v) is 3.62. The summed E-state index contributed by atoms with van der Waals surface area (Å²) in [5.41, 5.74) is -0.302. The van der Waals surface area contributed by atoms with Crippen LogP contribution in [0, 0.1) is 24.5 Å². The minimum Gasteiger partial charge on any atom is -0.477 e. The smallest absolute Gasteiger partial charge is 0.352 e. The number of carboxylic acid groups (broad SMARTS) is 1. The van der Waals surface area contributed by atoms with E-state index in [2.05, 4.69) is 0 Å². The van der Waals surface area contributed by atoms with Crippen LogP contribution >= 0.6 is 0 Å². The second-order valence-corrected chi connectivity index (χ2v) is 5.96. The predicted octanol–water partition coefficient (Wildman–Crippen LogP) is 4.49. The molecule has 1 heterocycles. The highest BCUT2D eigenvalue weighted by atomic mass is 19.1. The lowest BCUT2D eigenvalue weighted by molar-refractivity contribution is 0.0677. The molecular formula is C17H18F3NO2. The summed E-state index contributed by atoms with van der Waals surface area (Å²) in [7, 11) is 0. The Balaban J connectivity index is 2.50. The van der Waals surface area contributed by atoms with E-state index < -0.39 is 29.5 Å². The van der Waals surface area contributed by atoms with Gasteiger partial charge >= 0.3 is 5.97 Å². The summed E-state index contributed by atoms with van der Waals surface area (Å²) in [5, 5.41) is 9.24. The summed E-state index contributed by atoms with van der Waals surface area (Å²) in [6.07, 6.45) is -0.0988. The van der Waals surface area contributed by atoms with E-state index in [-0.39, 0.29) is 17.2 Å². The molecule has 0 saturated heterocycles. The maximum Gasteiger partial charge on any atom is 0.352 e. The molecule has 0 amide bonds. The zero-order valence-corrected chi connectivity index (χ0v) is 13.1. The Morgan fingerprint density at radius 2 is 1.96 bits per heavy atom. The lowest BCUT2D eigenvalue weighted by Crippen LogP contribution is -2.14. The van der Waals surface area contributed by atoms with Crippen LogP contribution in [-0.2, 0) is 6.42 Å². The molecule has 1 atom stereocenters. The van der Waals surface area contributed by atoms with Gasteiger partial charge < -0.3 is 9.67 Å². The average molecular weight is 325 g/mol. The van der Waals surface area contributed by atoms with E-state index in [9.17, 15) is 23.1 Å². The standard InChI is InChI=1S/C17H18F3NO2/c1-9(2)6-11-7-14(17(22)23)21(8-11)16(20)12-4-5-13(18)10(3)15(12)19/h4-5,7-9,16H,6H2,1-3H3,(H,22,23). The quantitative estimate of drug-likeness (QED) is 0.880. The molecule has 0 aliphatic rings. The van der Waals surface area contributed by atoms with E-state index in [1.807, 2.05) is 13.8 Å². The summed E-state index contributed by atoms with van der Waals surface area (Å²) in [4.78, 5) is 11.3. The molecule has 23 heavy (non-hydrogen) atoms. The predicted molar refractivity (Wildman–Crippen MR) is 80.3 cm³/mol. The van der Waals surface area contributed by atoms with E-state index in [1.54, 1.807) is 0 Å². The van der Waals surface area contributed by atoms with Gasteiger partial charge in [0, 0.05) is 17.3 Å². The minimum atomic E-state index is -2.04. The van der Waals surface area contributed by atoms with Gasteiger partial charge in [0.25, 0.3) is 0 Å². The number of benzene rings is 1. The summed E-state index contributed by atoms with van der Waals surface area (Å²) in [6.45, 7) is 5.11. The Labute approximate surface area is 132 Å². The third-order valence-electron chi connectivity index (χ3n) is 3.62. The summed E-state index contributed by atoms with van der Waals surface area (Å²) in [5.74, 6) is -2.82. The van der Waals surface area contributed by atoms with Gasteiger partial charge in [-0.05, 0) is 43.0 Å². The highest BCUT2D eigenvalue weighted by Gasteiger charge is 2.24. The zero-order chi connectivity index (χ0) is 17.3.